The maximum atomic E-state index is 12.4. The predicted molar refractivity (Wildman–Crippen MR) is 103 cm³/mol. The molecule has 1 amide bonds. The van der Waals surface area contributed by atoms with Crippen molar-refractivity contribution < 1.29 is 14.1 Å². The molecule has 2 heterocycles. The molecule has 1 N–H and O–H groups in total. The summed E-state index contributed by atoms with van der Waals surface area (Å²) in [5, 5.41) is 7.30. The summed E-state index contributed by atoms with van der Waals surface area (Å²) >= 11 is 6.01. The number of likely N-dealkylation sites (tertiary alicyclic amines) is 1. The molecule has 1 aromatic carbocycles. The van der Waals surface area contributed by atoms with E-state index in [4.69, 9.17) is 20.9 Å². The molecule has 0 saturated carbocycles. The van der Waals surface area contributed by atoms with E-state index in [-0.39, 0.29) is 5.91 Å². The van der Waals surface area contributed by atoms with Crippen molar-refractivity contribution in [3.63, 3.8) is 0 Å². The summed E-state index contributed by atoms with van der Waals surface area (Å²) in [4.78, 5) is 18.9. The Labute approximate surface area is 164 Å². The second kappa shape index (κ2) is 9.19. The molecule has 1 atom stereocenters. The molecule has 0 radical (unpaired) electrons. The summed E-state index contributed by atoms with van der Waals surface area (Å²) in [6.45, 7) is 4.45. The van der Waals surface area contributed by atoms with Gasteiger partial charge in [0.2, 0.25) is 11.8 Å². The number of benzene rings is 1. The normalized spacial score (nSPS) is 17.7. The summed E-state index contributed by atoms with van der Waals surface area (Å²) in [6, 6.07) is 5.18. The van der Waals surface area contributed by atoms with Crippen molar-refractivity contribution in [2.45, 2.75) is 39.2 Å². The summed E-state index contributed by atoms with van der Waals surface area (Å²) < 4.78 is 10.5. The highest BCUT2D eigenvalue weighted by molar-refractivity contribution is 6.31. The topological polar surface area (TPSA) is 80.5 Å². The van der Waals surface area contributed by atoms with Gasteiger partial charge in [0.05, 0.1) is 19.3 Å². The second-order valence-corrected chi connectivity index (χ2v) is 7.35. The van der Waals surface area contributed by atoms with E-state index in [1.165, 1.54) is 0 Å². The van der Waals surface area contributed by atoms with Gasteiger partial charge in [0.15, 0.2) is 5.82 Å². The molecule has 7 nitrogen and oxygen atoms in total. The van der Waals surface area contributed by atoms with Gasteiger partial charge in [-0.25, -0.2) is 0 Å². The van der Waals surface area contributed by atoms with Crippen LogP contribution < -0.4 is 10.1 Å². The van der Waals surface area contributed by atoms with E-state index in [9.17, 15) is 4.79 Å². The third kappa shape index (κ3) is 5.68. The molecule has 0 aliphatic carbocycles. The van der Waals surface area contributed by atoms with Crippen LogP contribution in [-0.4, -0.2) is 41.1 Å². The number of piperidine rings is 1. The largest absolute Gasteiger partial charge is 0.495 e. The first kappa shape index (κ1) is 19.6. The zero-order valence-corrected chi connectivity index (χ0v) is 16.5. The van der Waals surface area contributed by atoms with E-state index in [0.29, 0.717) is 47.1 Å². The molecule has 3 rings (SSSR count). The van der Waals surface area contributed by atoms with Crippen molar-refractivity contribution in [2.75, 3.05) is 25.5 Å². The van der Waals surface area contributed by atoms with Crippen molar-refractivity contribution in [2.24, 2.45) is 5.92 Å². The molecule has 1 aliphatic rings. The minimum atomic E-state index is -0.0276. The molecule has 146 valence electrons. The number of hydrogen-bond acceptors (Lipinski definition) is 6. The molecular weight excluding hydrogens is 368 g/mol. The number of ether oxygens (including phenoxy) is 1. The maximum absolute atomic E-state index is 12.4. The van der Waals surface area contributed by atoms with Crippen LogP contribution >= 0.6 is 11.6 Å². The molecule has 1 fully saturated rings. The first-order chi connectivity index (χ1) is 13.0. The van der Waals surface area contributed by atoms with Crippen molar-refractivity contribution in [3.05, 3.63) is 34.9 Å². The smallest absolute Gasteiger partial charge is 0.240 e. The average molecular weight is 393 g/mol. The minimum absolute atomic E-state index is 0.0276. The summed E-state index contributed by atoms with van der Waals surface area (Å²) in [5.74, 6) is 2.37. The Hall–Kier alpha value is -2.12. The van der Waals surface area contributed by atoms with Crippen molar-refractivity contribution >= 4 is 23.2 Å². The Morgan fingerprint density at radius 1 is 1.48 bits per heavy atom. The third-order valence-corrected chi connectivity index (χ3v) is 4.98. The number of aromatic nitrogens is 2. The van der Waals surface area contributed by atoms with Crippen molar-refractivity contribution in [1.82, 2.24) is 15.0 Å². The Bertz CT molecular complexity index is 780. The van der Waals surface area contributed by atoms with E-state index in [1.807, 2.05) is 6.92 Å². The highest BCUT2D eigenvalue weighted by atomic mass is 35.5. The monoisotopic (exact) mass is 392 g/mol. The summed E-state index contributed by atoms with van der Waals surface area (Å²) in [5.41, 5.74) is 0.604. The first-order valence-electron chi connectivity index (χ1n) is 9.18. The minimum Gasteiger partial charge on any atom is -0.495 e. The van der Waals surface area contributed by atoms with E-state index in [2.05, 4.69) is 20.4 Å². The zero-order chi connectivity index (χ0) is 19.2. The van der Waals surface area contributed by atoms with Crippen LogP contribution in [0.5, 0.6) is 5.75 Å². The van der Waals surface area contributed by atoms with Gasteiger partial charge in [-0.2, -0.15) is 4.98 Å². The first-order valence-corrected chi connectivity index (χ1v) is 9.56. The van der Waals surface area contributed by atoms with Gasteiger partial charge in [-0.05, 0) is 56.8 Å². The molecule has 8 heteroatoms. The number of carbonyl (C=O) groups is 1. The van der Waals surface area contributed by atoms with Crippen molar-refractivity contribution in [1.29, 1.82) is 0 Å². The van der Waals surface area contributed by atoms with Crippen LogP contribution in [0.25, 0.3) is 0 Å². The second-order valence-electron chi connectivity index (χ2n) is 6.91. The van der Waals surface area contributed by atoms with Crippen LogP contribution in [0.4, 0.5) is 5.69 Å². The number of nitrogens with zero attached hydrogens (tertiary/aromatic N) is 3. The van der Waals surface area contributed by atoms with Gasteiger partial charge in [0.25, 0.3) is 0 Å². The fraction of sp³-hybridized carbons (Fsp3) is 0.526. The highest BCUT2D eigenvalue weighted by Crippen LogP contribution is 2.28. The fourth-order valence-electron chi connectivity index (χ4n) is 3.45. The van der Waals surface area contributed by atoms with Crippen LogP contribution in [0.3, 0.4) is 0 Å². The van der Waals surface area contributed by atoms with E-state index in [0.717, 1.165) is 32.4 Å². The Balaban J connectivity index is 1.47. The molecule has 1 aromatic heterocycles. The highest BCUT2D eigenvalue weighted by Gasteiger charge is 2.22. The lowest BCUT2D eigenvalue weighted by Crippen LogP contribution is -2.35. The average Bonchev–Trinajstić information content (AvgIpc) is 3.05. The van der Waals surface area contributed by atoms with E-state index in [1.54, 1.807) is 25.3 Å². The zero-order valence-electron chi connectivity index (χ0n) is 15.7. The predicted octanol–water partition coefficient (Wildman–Crippen LogP) is 3.67. The number of amides is 1. The molecule has 1 saturated heterocycles. The number of aryl methyl sites for hydroxylation is 1. The molecule has 27 heavy (non-hydrogen) atoms. The number of anilines is 1. The van der Waals surface area contributed by atoms with Crippen molar-refractivity contribution in [3.8, 4) is 5.75 Å². The van der Waals surface area contributed by atoms with Gasteiger partial charge in [-0.3, -0.25) is 9.69 Å². The number of methoxy groups -OCH3 is 1. The molecule has 2 aromatic rings. The fourth-order valence-corrected chi connectivity index (χ4v) is 3.62. The van der Waals surface area contributed by atoms with Gasteiger partial charge >= 0.3 is 0 Å². The molecule has 0 bridgehead atoms. The quantitative estimate of drug-likeness (QED) is 0.774. The molecule has 1 aliphatic heterocycles. The lowest BCUT2D eigenvalue weighted by molar-refractivity contribution is -0.116. The van der Waals surface area contributed by atoms with Gasteiger partial charge < -0.3 is 14.6 Å². The molecular formula is C19H25ClN4O3. The summed E-state index contributed by atoms with van der Waals surface area (Å²) in [6.07, 6.45) is 3.55. The van der Waals surface area contributed by atoms with Crippen LogP contribution in [0.2, 0.25) is 5.02 Å². The Morgan fingerprint density at radius 2 is 2.33 bits per heavy atom. The van der Waals surface area contributed by atoms with Gasteiger partial charge in [0.1, 0.15) is 5.75 Å². The number of carbonyl (C=O) groups excluding carboxylic acids is 1. The Morgan fingerprint density at radius 3 is 3.07 bits per heavy atom. The van der Waals surface area contributed by atoms with E-state index >= 15 is 0 Å². The van der Waals surface area contributed by atoms with Crippen LogP contribution in [0.15, 0.2) is 22.7 Å². The molecule has 0 unspecified atom stereocenters. The number of nitrogens with one attached hydrogen (secondary N) is 1. The number of halogens is 1. The third-order valence-electron chi connectivity index (χ3n) is 4.75. The van der Waals surface area contributed by atoms with Crippen LogP contribution in [0, 0.1) is 12.8 Å². The standard InChI is InChI=1S/C19H25ClN4O3/c1-13-21-19(27-23-13)12-24-9-3-4-14(11-24)5-8-18(25)22-16-10-15(20)6-7-17(16)26-2/h6-7,10,14H,3-5,8-9,11-12H2,1-2H3,(H,22,25)/t14-/m1/s1. The number of hydrogen-bond donors (Lipinski definition) is 1. The van der Waals surface area contributed by atoms with Gasteiger partial charge in [-0.1, -0.05) is 16.8 Å². The lowest BCUT2D eigenvalue weighted by Gasteiger charge is -2.31. The van der Waals surface area contributed by atoms with Crippen LogP contribution in [0.1, 0.15) is 37.4 Å². The van der Waals surface area contributed by atoms with Gasteiger partial charge in [0, 0.05) is 18.0 Å². The van der Waals surface area contributed by atoms with E-state index < -0.39 is 0 Å². The Kier molecular flexibility index (Phi) is 6.68. The summed E-state index contributed by atoms with van der Waals surface area (Å²) in [7, 11) is 1.57. The van der Waals surface area contributed by atoms with Crippen LogP contribution in [-0.2, 0) is 11.3 Å². The SMILES string of the molecule is COc1ccc(Cl)cc1NC(=O)CC[C@H]1CCCN(Cc2nc(C)no2)C1. The van der Waals surface area contributed by atoms with Gasteiger partial charge in [-0.15, -0.1) is 0 Å². The lowest BCUT2D eigenvalue weighted by atomic mass is 9.93. The molecule has 0 spiro atoms. The number of rotatable bonds is 7. The maximum Gasteiger partial charge on any atom is 0.240 e.